The number of rotatable bonds is 8. The number of hydrogen-bond acceptors (Lipinski definition) is 5. The first kappa shape index (κ1) is 21.7. The number of nitrogens with zero attached hydrogens (tertiary/aromatic N) is 1. The van der Waals surface area contributed by atoms with Crippen molar-refractivity contribution in [3.63, 3.8) is 0 Å². The van der Waals surface area contributed by atoms with E-state index < -0.39 is 18.5 Å². The first-order chi connectivity index (χ1) is 13.3. The van der Waals surface area contributed by atoms with Crippen molar-refractivity contribution >= 4 is 27.8 Å². The second kappa shape index (κ2) is 10.1. The Bertz CT molecular complexity index is 858. The van der Waals surface area contributed by atoms with E-state index in [-0.39, 0.29) is 17.9 Å². The molecule has 0 atom stereocenters. The smallest absolute Gasteiger partial charge is 0.338 e. The van der Waals surface area contributed by atoms with Gasteiger partial charge < -0.3 is 19.1 Å². The molecule has 0 unspecified atom stereocenters. The molecule has 0 bridgehead atoms. The van der Waals surface area contributed by atoms with E-state index in [1.807, 2.05) is 6.92 Å². The van der Waals surface area contributed by atoms with Crippen molar-refractivity contribution in [3.8, 4) is 11.5 Å². The molecule has 0 aliphatic heterocycles. The van der Waals surface area contributed by atoms with Crippen LogP contribution in [0.3, 0.4) is 0 Å². The molecule has 0 heterocycles. The summed E-state index contributed by atoms with van der Waals surface area (Å²) in [7, 11) is 3.02. The zero-order valence-electron chi connectivity index (χ0n) is 15.8. The average molecular weight is 454 g/mol. The predicted molar refractivity (Wildman–Crippen MR) is 105 cm³/mol. The molecular formula is C20H21BrFNO5. The van der Waals surface area contributed by atoms with Crippen molar-refractivity contribution in [1.82, 2.24) is 4.90 Å². The van der Waals surface area contributed by atoms with Gasteiger partial charge in [0, 0.05) is 13.6 Å². The topological polar surface area (TPSA) is 65.1 Å². The van der Waals surface area contributed by atoms with E-state index in [0.29, 0.717) is 28.1 Å². The fraction of sp³-hybridized carbons (Fsp3) is 0.300. The van der Waals surface area contributed by atoms with Gasteiger partial charge in [0.05, 0.1) is 23.8 Å². The highest BCUT2D eigenvalue weighted by Crippen LogP contribution is 2.36. The van der Waals surface area contributed by atoms with Crippen molar-refractivity contribution in [1.29, 1.82) is 0 Å². The fourth-order valence-electron chi connectivity index (χ4n) is 2.44. The van der Waals surface area contributed by atoms with Crippen molar-refractivity contribution in [3.05, 3.63) is 57.8 Å². The van der Waals surface area contributed by atoms with Crippen LogP contribution in [0.4, 0.5) is 4.39 Å². The molecular weight excluding hydrogens is 433 g/mol. The normalized spacial score (nSPS) is 10.3. The highest BCUT2D eigenvalue weighted by molar-refractivity contribution is 9.10. The number of ether oxygens (including phenoxy) is 3. The van der Waals surface area contributed by atoms with Gasteiger partial charge in [-0.1, -0.05) is 12.1 Å². The number of hydrogen-bond donors (Lipinski definition) is 0. The van der Waals surface area contributed by atoms with Gasteiger partial charge in [-0.25, -0.2) is 9.18 Å². The summed E-state index contributed by atoms with van der Waals surface area (Å²) in [5.74, 6) is -0.603. The van der Waals surface area contributed by atoms with Crippen LogP contribution < -0.4 is 9.47 Å². The van der Waals surface area contributed by atoms with Crippen molar-refractivity contribution < 1.29 is 28.2 Å². The molecule has 0 aliphatic rings. The van der Waals surface area contributed by atoms with Crippen LogP contribution in [-0.2, 0) is 16.1 Å². The standard InChI is InChI=1S/C20H21BrFNO5/c1-4-27-19-16(21)9-14(10-17(19)26-3)20(25)28-12-18(24)23(2)11-13-6-5-7-15(22)8-13/h5-10H,4,11-12H2,1-3H3. The summed E-state index contributed by atoms with van der Waals surface area (Å²) in [6.45, 7) is 2.04. The number of esters is 1. The first-order valence-electron chi connectivity index (χ1n) is 8.51. The van der Waals surface area contributed by atoms with Gasteiger partial charge in [-0.05, 0) is 52.7 Å². The summed E-state index contributed by atoms with van der Waals surface area (Å²) in [6.07, 6.45) is 0. The Morgan fingerprint density at radius 3 is 2.61 bits per heavy atom. The van der Waals surface area contributed by atoms with Gasteiger partial charge in [-0.3, -0.25) is 4.79 Å². The van der Waals surface area contributed by atoms with Crippen LogP contribution in [0.1, 0.15) is 22.8 Å². The van der Waals surface area contributed by atoms with Gasteiger partial charge >= 0.3 is 5.97 Å². The van der Waals surface area contributed by atoms with E-state index in [1.54, 1.807) is 19.2 Å². The van der Waals surface area contributed by atoms with E-state index in [2.05, 4.69) is 15.9 Å². The van der Waals surface area contributed by atoms with Crippen molar-refractivity contribution in [2.45, 2.75) is 13.5 Å². The van der Waals surface area contributed by atoms with Gasteiger partial charge in [-0.2, -0.15) is 0 Å². The highest BCUT2D eigenvalue weighted by atomic mass is 79.9. The second-order valence-electron chi connectivity index (χ2n) is 5.88. The third-order valence-electron chi connectivity index (χ3n) is 3.82. The molecule has 0 aromatic heterocycles. The third kappa shape index (κ3) is 5.69. The molecule has 6 nitrogen and oxygen atoms in total. The fourth-order valence-corrected chi connectivity index (χ4v) is 3.00. The number of amides is 1. The van der Waals surface area contributed by atoms with E-state index in [1.165, 1.54) is 36.3 Å². The Balaban J connectivity index is 1.99. The minimum Gasteiger partial charge on any atom is -0.493 e. The van der Waals surface area contributed by atoms with Crippen LogP contribution in [-0.4, -0.2) is 44.1 Å². The Hall–Kier alpha value is -2.61. The lowest BCUT2D eigenvalue weighted by Gasteiger charge is -2.17. The van der Waals surface area contributed by atoms with Crippen LogP contribution in [0.5, 0.6) is 11.5 Å². The SMILES string of the molecule is CCOc1c(Br)cc(C(=O)OCC(=O)N(C)Cc2cccc(F)c2)cc1OC. The van der Waals surface area contributed by atoms with Crippen LogP contribution in [0.15, 0.2) is 40.9 Å². The quantitative estimate of drug-likeness (QED) is 0.568. The maximum absolute atomic E-state index is 13.2. The molecule has 0 fully saturated rings. The Morgan fingerprint density at radius 2 is 1.96 bits per heavy atom. The molecule has 28 heavy (non-hydrogen) atoms. The molecule has 0 radical (unpaired) electrons. The lowest BCUT2D eigenvalue weighted by atomic mass is 10.2. The predicted octanol–water partition coefficient (Wildman–Crippen LogP) is 3.81. The molecule has 1 amide bonds. The van der Waals surface area contributed by atoms with Crippen LogP contribution in [0.2, 0.25) is 0 Å². The summed E-state index contributed by atoms with van der Waals surface area (Å²) < 4.78 is 29.6. The third-order valence-corrected chi connectivity index (χ3v) is 4.40. The number of carbonyl (C=O) groups excluding carboxylic acids is 2. The van der Waals surface area contributed by atoms with Gasteiger partial charge in [0.1, 0.15) is 5.82 Å². The van der Waals surface area contributed by atoms with E-state index in [9.17, 15) is 14.0 Å². The molecule has 0 saturated carbocycles. The summed E-state index contributed by atoms with van der Waals surface area (Å²) in [5, 5.41) is 0. The lowest BCUT2D eigenvalue weighted by Crippen LogP contribution is -2.30. The van der Waals surface area contributed by atoms with Crippen molar-refractivity contribution in [2.24, 2.45) is 0 Å². The molecule has 2 aromatic carbocycles. The maximum atomic E-state index is 13.2. The minimum absolute atomic E-state index is 0.205. The number of halogens is 2. The number of likely N-dealkylation sites (N-methyl/N-ethyl adjacent to an activating group) is 1. The zero-order chi connectivity index (χ0) is 20.7. The van der Waals surface area contributed by atoms with Gasteiger partial charge in [-0.15, -0.1) is 0 Å². The monoisotopic (exact) mass is 453 g/mol. The van der Waals surface area contributed by atoms with Gasteiger partial charge in [0.15, 0.2) is 18.1 Å². The number of methoxy groups -OCH3 is 1. The number of carbonyl (C=O) groups is 2. The maximum Gasteiger partial charge on any atom is 0.338 e. The average Bonchev–Trinajstić information content (AvgIpc) is 2.67. The molecule has 0 N–H and O–H groups in total. The van der Waals surface area contributed by atoms with E-state index >= 15 is 0 Å². The molecule has 0 saturated heterocycles. The first-order valence-corrected chi connectivity index (χ1v) is 9.30. The Labute approximate surface area is 171 Å². The zero-order valence-corrected chi connectivity index (χ0v) is 17.4. The molecule has 0 aliphatic carbocycles. The lowest BCUT2D eigenvalue weighted by molar-refractivity contribution is -0.133. The van der Waals surface area contributed by atoms with Crippen LogP contribution in [0, 0.1) is 5.82 Å². The van der Waals surface area contributed by atoms with E-state index in [0.717, 1.165) is 0 Å². The molecule has 0 spiro atoms. The Morgan fingerprint density at radius 1 is 1.21 bits per heavy atom. The van der Waals surface area contributed by atoms with Crippen LogP contribution in [0.25, 0.3) is 0 Å². The molecule has 8 heteroatoms. The summed E-state index contributed by atoms with van der Waals surface area (Å²) >= 11 is 3.34. The molecule has 150 valence electrons. The minimum atomic E-state index is -0.672. The summed E-state index contributed by atoms with van der Waals surface area (Å²) in [6, 6.07) is 8.98. The second-order valence-corrected chi connectivity index (χ2v) is 6.73. The van der Waals surface area contributed by atoms with E-state index in [4.69, 9.17) is 14.2 Å². The summed E-state index contributed by atoms with van der Waals surface area (Å²) in [4.78, 5) is 25.9. The van der Waals surface area contributed by atoms with Gasteiger partial charge in [0.2, 0.25) is 0 Å². The molecule has 2 aromatic rings. The van der Waals surface area contributed by atoms with Crippen LogP contribution >= 0.6 is 15.9 Å². The number of benzene rings is 2. The largest absolute Gasteiger partial charge is 0.493 e. The van der Waals surface area contributed by atoms with Crippen molar-refractivity contribution in [2.75, 3.05) is 27.4 Å². The Kier molecular flexibility index (Phi) is 7.80. The highest BCUT2D eigenvalue weighted by Gasteiger charge is 2.18. The van der Waals surface area contributed by atoms with Gasteiger partial charge in [0.25, 0.3) is 5.91 Å². The molecule has 2 rings (SSSR count). The summed E-state index contributed by atoms with van der Waals surface area (Å²) in [5.41, 5.74) is 0.857.